The molecule has 0 aliphatic carbocycles. The van der Waals surface area contributed by atoms with E-state index in [1.54, 1.807) is 19.0 Å². The van der Waals surface area contributed by atoms with E-state index in [1.807, 2.05) is 0 Å². The number of rotatable bonds is 6. The van der Waals surface area contributed by atoms with Crippen LogP contribution in [0.1, 0.15) is 29.5 Å². The van der Waals surface area contributed by atoms with Crippen LogP contribution in [0.3, 0.4) is 0 Å². The van der Waals surface area contributed by atoms with Gasteiger partial charge in [0.15, 0.2) is 5.96 Å². The Labute approximate surface area is 150 Å². The van der Waals surface area contributed by atoms with Gasteiger partial charge in [-0.1, -0.05) is 23.8 Å². The minimum absolute atomic E-state index is 0.0122. The number of carbonyl (C=O) groups excluding carboxylic acids is 1. The van der Waals surface area contributed by atoms with Crippen molar-refractivity contribution in [1.29, 1.82) is 0 Å². The van der Waals surface area contributed by atoms with Crippen LogP contribution in [0.25, 0.3) is 0 Å². The number of likely N-dealkylation sites (N-methyl/N-ethyl adjacent to an activating group) is 1. The van der Waals surface area contributed by atoms with E-state index >= 15 is 0 Å². The van der Waals surface area contributed by atoms with Crippen LogP contribution in [-0.4, -0.2) is 56.7 Å². The van der Waals surface area contributed by atoms with Crippen LogP contribution in [0.2, 0.25) is 0 Å². The van der Waals surface area contributed by atoms with Gasteiger partial charge < -0.3 is 20.3 Å². The maximum atomic E-state index is 11.8. The van der Waals surface area contributed by atoms with Crippen LogP contribution >= 0.6 is 0 Å². The summed E-state index contributed by atoms with van der Waals surface area (Å²) in [5.41, 5.74) is 3.66. The second kappa shape index (κ2) is 9.42. The third-order valence-electron chi connectivity index (χ3n) is 4.33. The van der Waals surface area contributed by atoms with Gasteiger partial charge >= 0.3 is 0 Å². The Bertz CT molecular complexity index is 607. The molecule has 6 nitrogen and oxygen atoms in total. The van der Waals surface area contributed by atoms with Crippen LogP contribution < -0.4 is 10.6 Å². The Morgan fingerprint density at radius 2 is 2.12 bits per heavy atom. The third kappa shape index (κ3) is 6.38. The average Bonchev–Trinajstić information content (AvgIpc) is 3.08. The van der Waals surface area contributed by atoms with Crippen molar-refractivity contribution < 1.29 is 9.53 Å². The number of ether oxygens (including phenoxy) is 1. The number of amides is 1. The van der Waals surface area contributed by atoms with Gasteiger partial charge in [-0.05, 0) is 37.8 Å². The highest BCUT2D eigenvalue weighted by molar-refractivity contribution is 5.86. The summed E-state index contributed by atoms with van der Waals surface area (Å²) in [7, 11) is 3.49. The van der Waals surface area contributed by atoms with Crippen molar-refractivity contribution in [3.05, 3.63) is 34.9 Å². The molecule has 1 amide bonds. The molecule has 0 aromatic heterocycles. The number of carbonyl (C=O) groups is 1. The van der Waals surface area contributed by atoms with E-state index in [0.717, 1.165) is 19.4 Å². The minimum Gasteiger partial charge on any atom is -0.376 e. The third-order valence-corrected chi connectivity index (χ3v) is 4.33. The first-order valence-corrected chi connectivity index (χ1v) is 8.86. The number of hydrogen-bond acceptors (Lipinski definition) is 3. The maximum absolute atomic E-state index is 11.8. The number of nitrogens with one attached hydrogen (secondary N) is 2. The number of guanidine groups is 1. The molecule has 1 saturated heterocycles. The molecule has 1 aliphatic rings. The van der Waals surface area contributed by atoms with Gasteiger partial charge in [0.05, 0.1) is 19.2 Å². The Morgan fingerprint density at radius 1 is 1.32 bits per heavy atom. The molecule has 138 valence electrons. The predicted molar refractivity (Wildman–Crippen MR) is 101 cm³/mol. The standard InChI is InChI=1S/C19H30N4O2/c1-14-7-8-16(15(2)10-14)11-20-19(22-13-18(24)23(3)4)21-12-17-6-5-9-25-17/h7-8,10,17H,5-6,9,11-13H2,1-4H3,(H2,20,21,22). The summed E-state index contributed by atoms with van der Waals surface area (Å²) in [4.78, 5) is 18.0. The monoisotopic (exact) mass is 346 g/mol. The van der Waals surface area contributed by atoms with Crippen LogP contribution in [0.4, 0.5) is 0 Å². The normalized spacial score (nSPS) is 17.4. The number of nitrogens with zero attached hydrogens (tertiary/aromatic N) is 2. The van der Waals surface area contributed by atoms with Crippen LogP contribution in [-0.2, 0) is 16.1 Å². The van der Waals surface area contributed by atoms with Gasteiger partial charge in [0.25, 0.3) is 0 Å². The molecule has 2 N–H and O–H groups in total. The average molecular weight is 346 g/mol. The lowest BCUT2D eigenvalue weighted by atomic mass is 10.1. The highest BCUT2D eigenvalue weighted by atomic mass is 16.5. The number of benzene rings is 1. The smallest absolute Gasteiger partial charge is 0.241 e. The van der Waals surface area contributed by atoms with E-state index in [-0.39, 0.29) is 18.6 Å². The lowest BCUT2D eigenvalue weighted by Crippen LogP contribution is -2.45. The maximum Gasteiger partial charge on any atom is 0.241 e. The lowest BCUT2D eigenvalue weighted by Gasteiger charge is -2.17. The summed E-state index contributed by atoms with van der Waals surface area (Å²) in [6, 6.07) is 6.37. The quantitative estimate of drug-likeness (QED) is 0.607. The predicted octanol–water partition coefficient (Wildman–Crippen LogP) is 1.61. The molecule has 0 spiro atoms. The summed E-state index contributed by atoms with van der Waals surface area (Å²) in [5.74, 6) is 0.656. The Kier molecular flexibility index (Phi) is 7.25. The second-order valence-corrected chi connectivity index (χ2v) is 6.75. The fourth-order valence-electron chi connectivity index (χ4n) is 2.70. The molecule has 1 heterocycles. The molecule has 0 bridgehead atoms. The Hall–Kier alpha value is -2.08. The van der Waals surface area contributed by atoms with E-state index in [9.17, 15) is 4.79 Å². The fraction of sp³-hybridized carbons (Fsp3) is 0.579. The second-order valence-electron chi connectivity index (χ2n) is 6.75. The van der Waals surface area contributed by atoms with Gasteiger partial charge in [0.1, 0.15) is 0 Å². The first-order valence-electron chi connectivity index (χ1n) is 8.86. The van der Waals surface area contributed by atoms with Crippen LogP contribution in [0, 0.1) is 13.8 Å². The highest BCUT2D eigenvalue weighted by Crippen LogP contribution is 2.12. The molecule has 25 heavy (non-hydrogen) atoms. The molecule has 1 aliphatic heterocycles. The summed E-state index contributed by atoms with van der Waals surface area (Å²) in [6.45, 7) is 6.51. The zero-order valence-corrected chi connectivity index (χ0v) is 15.8. The van der Waals surface area contributed by atoms with Gasteiger partial charge in [-0.25, -0.2) is 4.99 Å². The van der Waals surface area contributed by atoms with Crippen molar-refractivity contribution >= 4 is 11.9 Å². The van der Waals surface area contributed by atoms with Gasteiger partial charge in [-0.15, -0.1) is 0 Å². The topological polar surface area (TPSA) is 66.0 Å². The number of aliphatic imine (C=N–C) groups is 1. The molecule has 1 fully saturated rings. The van der Waals surface area contributed by atoms with E-state index in [4.69, 9.17) is 4.74 Å². The van der Waals surface area contributed by atoms with Crippen molar-refractivity contribution in [3.8, 4) is 0 Å². The van der Waals surface area contributed by atoms with Crippen molar-refractivity contribution in [3.63, 3.8) is 0 Å². The van der Waals surface area contributed by atoms with Gasteiger partial charge in [-0.2, -0.15) is 0 Å². The van der Waals surface area contributed by atoms with Crippen LogP contribution in [0.5, 0.6) is 0 Å². The van der Waals surface area contributed by atoms with Crippen molar-refractivity contribution in [2.45, 2.75) is 39.3 Å². The van der Waals surface area contributed by atoms with E-state index in [2.05, 4.69) is 47.7 Å². The summed E-state index contributed by atoms with van der Waals surface area (Å²) < 4.78 is 5.64. The van der Waals surface area contributed by atoms with Crippen molar-refractivity contribution in [2.75, 3.05) is 33.8 Å². The van der Waals surface area contributed by atoms with Crippen molar-refractivity contribution in [2.24, 2.45) is 4.99 Å². The zero-order valence-electron chi connectivity index (χ0n) is 15.8. The molecular formula is C19H30N4O2. The van der Waals surface area contributed by atoms with Crippen molar-refractivity contribution in [1.82, 2.24) is 15.5 Å². The Morgan fingerprint density at radius 3 is 2.76 bits per heavy atom. The molecule has 0 radical (unpaired) electrons. The molecule has 1 unspecified atom stereocenters. The first kappa shape index (κ1) is 19.2. The number of aryl methyl sites for hydroxylation is 2. The molecule has 6 heteroatoms. The molecule has 1 aromatic carbocycles. The molecule has 1 aromatic rings. The van der Waals surface area contributed by atoms with E-state index in [1.165, 1.54) is 16.7 Å². The minimum atomic E-state index is 0.0122. The van der Waals surface area contributed by atoms with Gasteiger partial charge in [0, 0.05) is 27.2 Å². The molecular weight excluding hydrogens is 316 g/mol. The largest absolute Gasteiger partial charge is 0.376 e. The SMILES string of the molecule is Cc1ccc(CN=C(NCC(=O)N(C)C)NCC2CCCO2)c(C)c1. The fourth-order valence-corrected chi connectivity index (χ4v) is 2.70. The summed E-state index contributed by atoms with van der Waals surface area (Å²) >= 11 is 0. The lowest BCUT2D eigenvalue weighted by molar-refractivity contribution is -0.127. The summed E-state index contributed by atoms with van der Waals surface area (Å²) in [5, 5.41) is 6.42. The van der Waals surface area contributed by atoms with Crippen LogP contribution in [0.15, 0.2) is 23.2 Å². The van der Waals surface area contributed by atoms with E-state index < -0.39 is 0 Å². The highest BCUT2D eigenvalue weighted by Gasteiger charge is 2.16. The zero-order chi connectivity index (χ0) is 18.2. The molecule has 0 saturated carbocycles. The van der Waals surface area contributed by atoms with Gasteiger partial charge in [-0.3, -0.25) is 4.79 Å². The Balaban J connectivity index is 1.98. The molecule has 1 atom stereocenters. The summed E-state index contributed by atoms with van der Waals surface area (Å²) in [6.07, 6.45) is 2.39. The number of hydrogen-bond donors (Lipinski definition) is 2. The van der Waals surface area contributed by atoms with Gasteiger partial charge in [0.2, 0.25) is 5.91 Å². The van der Waals surface area contributed by atoms with E-state index in [0.29, 0.717) is 19.0 Å². The molecule has 2 rings (SSSR count). The first-order chi connectivity index (χ1) is 12.0.